The molecule has 1 aliphatic rings. The molecule has 206 valence electrons. The number of rotatable bonds is 8. The zero-order chi connectivity index (χ0) is 29.0. The van der Waals surface area contributed by atoms with E-state index in [1.165, 1.54) is 17.3 Å². The summed E-state index contributed by atoms with van der Waals surface area (Å²) in [5, 5.41) is 9.46. The number of likely N-dealkylation sites (N-methyl/N-ethyl adjacent to an activating group) is 1. The maximum Gasteiger partial charge on any atom is 0.291 e. The molecule has 4 N–H and O–H groups in total. The van der Waals surface area contributed by atoms with E-state index in [0.717, 1.165) is 11.1 Å². The highest BCUT2D eigenvalue weighted by Gasteiger charge is 2.31. The van der Waals surface area contributed by atoms with Crippen molar-refractivity contribution in [2.75, 3.05) is 25.1 Å². The summed E-state index contributed by atoms with van der Waals surface area (Å²) in [6, 6.07) is 13.8. The van der Waals surface area contributed by atoms with E-state index in [1.807, 2.05) is 36.4 Å². The topological polar surface area (TPSA) is 156 Å². The van der Waals surface area contributed by atoms with Crippen molar-refractivity contribution >= 4 is 30.0 Å². The lowest BCUT2D eigenvalue weighted by Gasteiger charge is -2.19. The van der Waals surface area contributed by atoms with E-state index in [0.29, 0.717) is 48.5 Å². The highest BCUT2D eigenvalue weighted by atomic mass is 16.5. The monoisotopic (exact) mass is 549 g/mol. The first-order valence-corrected chi connectivity index (χ1v) is 12.6. The third-order valence-electron chi connectivity index (χ3n) is 5.92. The molecule has 2 heterocycles. The molecule has 1 atom stereocenters. The average Bonchev–Trinajstić information content (AvgIpc) is 3.43. The van der Waals surface area contributed by atoms with Gasteiger partial charge in [-0.25, -0.2) is 4.98 Å². The molecule has 41 heavy (non-hydrogen) atoms. The Labute approximate surface area is 236 Å². The molecule has 1 aliphatic heterocycles. The van der Waals surface area contributed by atoms with Gasteiger partial charge >= 0.3 is 0 Å². The number of allylic oxidation sites excluding steroid dienone is 1. The first kappa shape index (κ1) is 28.3. The van der Waals surface area contributed by atoms with E-state index in [-0.39, 0.29) is 18.3 Å². The Bertz CT molecular complexity index is 1600. The number of nitrogens with zero attached hydrogens (tertiary/aromatic N) is 4. The molecule has 4 rings (SSSR count). The number of anilines is 1. The average molecular weight is 550 g/mol. The van der Waals surface area contributed by atoms with E-state index in [1.54, 1.807) is 19.2 Å². The summed E-state index contributed by atoms with van der Waals surface area (Å²) in [5.41, 5.74) is 7.95. The van der Waals surface area contributed by atoms with Gasteiger partial charge < -0.3 is 20.7 Å². The minimum Gasteiger partial charge on any atom is -0.489 e. The number of H-pyrrole nitrogens is 1. The van der Waals surface area contributed by atoms with E-state index in [9.17, 15) is 14.4 Å². The number of carbonyl (C=O) groups excluding carboxylic acids is 3. The predicted octanol–water partition coefficient (Wildman–Crippen LogP) is 1.41. The van der Waals surface area contributed by atoms with Crippen molar-refractivity contribution in [1.29, 1.82) is 0 Å². The number of hydrogen-bond acceptors (Lipinski definition) is 8. The van der Waals surface area contributed by atoms with Crippen LogP contribution in [-0.4, -0.2) is 65.7 Å². The van der Waals surface area contributed by atoms with Crippen LogP contribution < -0.4 is 20.7 Å². The molecule has 1 aromatic heterocycles. The van der Waals surface area contributed by atoms with Crippen molar-refractivity contribution < 1.29 is 19.1 Å². The lowest BCUT2D eigenvalue weighted by molar-refractivity contribution is -0.120. The van der Waals surface area contributed by atoms with Gasteiger partial charge in [0.1, 0.15) is 24.2 Å². The summed E-state index contributed by atoms with van der Waals surface area (Å²) in [4.78, 5) is 46.1. The predicted molar refractivity (Wildman–Crippen MR) is 153 cm³/mol. The number of nitrogens with two attached hydrogens (primary N) is 1. The second kappa shape index (κ2) is 13.9. The summed E-state index contributed by atoms with van der Waals surface area (Å²) in [6.07, 6.45) is 4.16. The molecule has 0 bridgehead atoms. The van der Waals surface area contributed by atoms with E-state index < -0.39 is 11.9 Å². The van der Waals surface area contributed by atoms with Crippen LogP contribution >= 0.6 is 0 Å². The van der Waals surface area contributed by atoms with Crippen LogP contribution in [0.1, 0.15) is 34.0 Å². The molecule has 0 fully saturated rings. The molecular weight excluding hydrogens is 522 g/mol. The lowest BCUT2D eigenvalue weighted by Crippen LogP contribution is -2.49. The van der Waals surface area contributed by atoms with Crippen molar-refractivity contribution in [1.82, 2.24) is 20.5 Å². The molecule has 0 spiro atoms. The fourth-order valence-electron chi connectivity index (χ4n) is 3.77. The van der Waals surface area contributed by atoms with Crippen LogP contribution in [-0.2, 0) is 16.0 Å². The van der Waals surface area contributed by atoms with Crippen molar-refractivity contribution in [3.8, 4) is 29.4 Å². The molecule has 0 saturated heterocycles. The largest absolute Gasteiger partial charge is 0.489 e. The number of fused-ring (bicyclic) bond motifs is 1. The molecule has 0 aliphatic carbocycles. The van der Waals surface area contributed by atoms with E-state index >= 15 is 0 Å². The highest BCUT2D eigenvalue weighted by Crippen LogP contribution is 2.29. The summed E-state index contributed by atoms with van der Waals surface area (Å²) >= 11 is 0. The number of aromatic nitrogens is 3. The number of carbonyl (C=O) groups is 3. The number of ether oxygens (including phenoxy) is 1. The first-order valence-electron chi connectivity index (χ1n) is 12.6. The molecule has 11 nitrogen and oxygen atoms in total. The number of aromatic amines is 1. The van der Waals surface area contributed by atoms with Crippen molar-refractivity contribution in [2.45, 2.75) is 18.9 Å². The zero-order valence-corrected chi connectivity index (χ0v) is 22.3. The summed E-state index contributed by atoms with van der Waals surface area (Å²) in [7, 11) is 1.64. The fourth-order valence-corrected chi connectivity index (χ4v) is 3.77. The Balaban J connectivity index is 1.27. The number of benzene rings is 2. The molecular formula is C30H27N7O4. The number of aliphatic imine (C=N–C) groups is 1. The smallest absolute Gasteiger partial charge is 0.291 e. The SMILES string of the molecule is CN1C(=O)[C@@H](NC(=O)c2n[nH]c(Cc3ccc(C#CC#CCCN=C/C(C=O)=C\N)cc3)n2)COc2ccccc21. The van der Waals surface area contributed by atoms with Crippen LogP contribution in [0.3, 0.4) is 0 Å². The Hall–Kier alpha value is -5.68. The van der Waals surface area contributed by atoms with Crippen LogP contribution in [0.5, 0.6) is 5.75 Å². The van der Waals surface area contributed by atoms with Gasteiger partial charge in [0.2, 0.25) is 5.82 Å². The Kier molecular flexibility index (Phi) is 9.62. The van der Waals surface area contributed by atoms with E-state index in [4.69, 9.17) is 10.5 Å². The number of para-hydroxylation sites is 2. The van der Waals surface area contributed by atoms with E-state index in [2.05, 4.69) is 49.2 Å². The quantitative estimate of drug-likeness (QED) is 0.126. The Morgan fingerprint density at radius 1 is 1.24 bits per heavy atom. The van der Waals surface area contributed by atoms with Crippen molar-refractivity contribution in [3.05, 3.63) is 83.1 Å². The molecule has 2 amide bonds. The Morgan fingerprint density at radius 3 is 2.83 bits per heavy atom. The Morgan fingerprint density at radius 2 is 2.05 bits per heavy atom. The summed E-state index contributed by atoms with van der Waals surface area (Å²) in [6.45, 7) is 0.438. The van der Waals surface area contributed by atoms with Gasteiger partial charge in [-0.15, -0.1) is 5.10 Å². The zero-order valence-electron chi connectivity index (χ0n) is 22.3. The van der Waals surface area contributed by atoms with Gasteiger partial charge in [-0.2, -0.15) is 0 Å². The number of amides is 2. The maximum absolute atomic E-state index is 12.9. The minimum atomic E-state index is -0.885. The van der Waals surface area contributed by atoms with Gasteiger partial charge in [0, 0.05) is 50.0 Å². The number of nitrogens with one attached hydrogen (secondary N) is 2. The summed E-state index contributed by atoms with van der Waals surface area (Å²) < 4.78 is 5.73. The van der Waals surface area contributed by atoms with Gasteiger partial charge in [-0.05, 0) is 41.7 Å². The van der Waals surface area contributed by atoms with Crippen LogP contribution in [0, 0.1) is 23.7 Å². The lowest BCUT2D eigenvalue weighted by atomic mass is 10.1. The van der Waals surface area contributed by atoms with Gasteiger partial charge in [-0.3, -0.25) is 24.5 Å². The third kappa shape index (κ3) is 7.68. The van der Waals surface area contributed by atoms with Crippen LogP contribution in [0.4, 0.5) is 5.69 Å². The number of aldehydes is 1. The summed E-state index contributed by atoms with van der Waals surface area (Å²) in [5.74, 6) is 11.6. The number of hydrogen-bond donors (Lipinski definition) is 3. The van der Waals surface area contributed by atoms with Gasteiger partial charge in [0.15, 0.2) is 6.29 Å². The first-order chi connectivity index (χ1) is 20.0. The van der Waals surface area contributed by atoms with Crippen molar-refractivity contribution in [2.24, 2.45) is 10.7 Å². The van der Waals surface area contributed by atoms with Crippen molar-refractivity contribution in [3.63, 3.8) is 0 Å². The maximum atomic E-state index is 12.9. The minimum absolute atomic E-state index is 0.00508. The van der Waals surface area contributed by atoms with Crippen LogP contribution in [0.15, 0.2) is 65.3 Å². The van der Waals surface area contributed by atoms with Gasteiger partial charge in [0.25, 0.3) is 11.8 Å². The highest BCUT2D eigenvalue weighted by molar-refractivity contribution is 6.02. The second-order valence-corrected chi connectivity index (χ2v) is 8.80. The molecule has 11 heteroatoms. The normalized spacial score (nSPS) is 14.6. The molecule has 0 radical (unpaired) electrons. The molecule has 2 aromatic carbocycles. The van der Waals surface area contributed by atoms with Gasteiger partial charge in [0.05, 0.1) is 5.69 Å². The fraction of sp³-hybridized carbons (Fsp3) is 0.200. The second-order valence-electron chi connectivity index (χ2n) is 8.80. The van der Waals surface area contributed by atoms with Gasteiger partial charge in [-0.1, -0.05) is 36.1 Å². The van der Waals surface area contributed by atoms with Crippen LogP contribution in [0.2, 0.25) is 0 Å². The molecule has 3 aromatic rings. The third-order valence-corrected chi connectivity index (χ3v) is 5.92. The standard InChI is InChI=1S/C30H27N7O4/c1-37-25-9-5-6-10-26(25)41-20-24(30(37)40)33-29(39)28-34-27(35-36-28)16-22-13-11-21(12-14-22)8-4-2-3-7-15-32-18-23(17-31)19-38/h5-6,9-14,17-19,24H,7,15-16,20,31H2,1H3,(H,33,39)(H,34,35,36)/b23-17+,32-18?/t24-/m0/s1. The van der Waals surface area contributed by atoms with Crippen LogP contribution in [0.25, 0.3) is 0 Å². The molecule has 0 saturated carbocycles. The molecule has 0 unspecified atom stereocenters.